The fraction of sp³-hybridized carbons (Fsp3) is 0.118. The van der Waals surface area contributed by atoms with Crippen molar-refractivity contribution in [1.82, 2.24) is 0 Å². The standard InChI is InChI=1S/C17H14ClNO4S/c1-10-16(17(20)11-3-5-12(18)6-4-11)14-9-13(19-24(2,21)22)7-8-15(14)23-10/h3-9,19H,1-2H3. The number of carbonyl (C=O) groups is 1. The number of rotatable bonds is 4. The largest absolute Gasteiger partial charge is 0.461 e. The molecule has 2 aromatic carbocycles. The molecule has 1 heterocycles. The zero-order chi connectivity index (χ0) is 17.5. The van der Waals surface area contributed by atoms with E-state index in [2.05, 4.69) is 4.72 Å². The smallest absolute Gasteiger partial charge is 0.229 e. The normalized spacial score (nSPS) is 11.6. The Bertz CT molecular complexity index is 1040. The van der Waals surface area contributed by atoms with Crippen molar-refractivity contribution in [2.24, 2.45) is 0 Å². The molecule has 0 saturated carbocycles. The van der Waals surface area contributed by atoms with Crippen LogP contribution in [-0.4, -0.2) is 20.5 Å². The second-order valence-corrected chi connectivity index (χ2v) is 7.64. The predicted octanol–water partition coefficient (Wildman–Crippen LogP) is 4.00. The summed E-state index contributed by atoms with van der Waals surface area (Å²) in [4.78, 5) is 12.8. The zero-order valence-electron chi connectivity index (χ0n) is 13.0. The summed E-state index contributed by atoms with van der Waals surface area (Å²) in [6.07, 6.45) is 1.07. The Hall–Kier alpha value is -2.31. The van der Waals surface area contributed by atoms with Crippen LogP contribution in [0.3, 0.4) is 0 Å². The van der Waals surface area contributed by atoms with Crippen LogP contribution >= 0.6 is 11.6 Å². The molecular formula is C17H14ClNO4S. The van der Waals surface area contributed by atoms with Crippen LogP contribution in [0.1, 0.15) is 21.7 Å². The SMILES string of the molecule is Cc1oc2ccc(NS(C)(=O)=O)cc2c1C(=O)c1ccc(Cl)cc1. The van der Waals surface area contributed by atoms with Crippen molar-refractivity contribution in [3.8, 4) is 0 Å². The first kappa shape index (κ1) is 16.5. The molecule has 124 valence electrons. The van der Waals surface area contributed by atoms with Gasteiger partial charge in [0.15, 0.2) is 5.78 Å². The molecule has 3 rings (SSSR count). The highest BCUT2D eigenvalue weighted by atomic mass is 35.5. The van der Waals surface area contributed by atoms with E-state index >= 15 is 0 Å². The van der Waals surface area contributed by atoms with Gasteiger partial charge >= 0.3 is 0 Å². The summed E-state index contributed by atoms with van der Waals surface area (Å²) in [5, 5.41) is 1.10. The van der Waals surface area contributed by atoms with Gasteiger partial charge in [0.05, 0.1) is 11.8 Å². The van der Waals surface area contributed by atoms with Gasteiger partial charge in [0.25, 0.3) is 0 Å². The van der Waals surface area contributed by atoms with Crippen molar-refractivity contribution in [3.05, 3.63) is 64.4 Å². The molecule has 1 aromatic heterocycles. The predicted molar refractivity (Wildman–Crippen MR) is 94.3 cm³/mol. The molecule has 0 radical (unpaired) electrons. The van der Waals surface area contributed by atoms with E-state index in [4.69, 9.17) is 16.0 Å². The number of aryl methyl sites for hydroxylation is 1. The second kappa shape index (κ2) is 5.96. The molecule has 24 heavy (non-hydrogen) atoms. The van der Waals surface area contributed by atoms with Gasteiger partial charge in [-0.15, -0.1) is 0 Å². The van der Waals surface area contributed by atoms with Gasteiger partial charge in [-0.2, -0.15) is 0 Å². The van der Waals surface area contributed by atoms with Crippen LogP contribution in [0.4, 0.5) is 5.69 Å². The molecule has 5 nitrogen and oxygen atoms in total. The highest BCUT2D eigenvalue weighted by Gasteiger charge is 2.20. The topological polar surface area (TPSA) is 76.4 Å². The maximum absolute atomic E-state index is 12.8. The lowest BCUT2D eigenvalue weighted by Crippen LogP contribution is -2.09. The number of furan rings is 1. The van der Waals surface area contributed by atoms with E-state index in [0.717, 1.165) is 6.26 Å². The number of ketones is 1. The van der Waals surface area contributed by atoms with Gasteiger partial charge in [0.2, 0.25) is 10.0 Å². The molecule has 0 atom stereocenters. The third-order valence-electron chi connectivity index (χ3n) is 3.50. The molecule has 0 aliphatic rings. The van der Waals surface area contributed by atoms with E-state index in [1.54, 1.807) is 49.4 Å². The van der Waals surface area contributed by atoms with Gasteiger partial charge in [-0.25, -0.2) is 8.42 Å². The summed E-state index contributed by atoms with van der Waals surface area (Å²) in [6.45, 7) is 1.70. The van der Waals surface area contributed by atoms with Crippen LogP contribution in [0.2, 0.25) is 5.02 Å². The lowest BCUT2D eigenvalue weighted by molar-refractivity contribution is 0.103. The fourth-order valence-corrected chi connectivity index (χ4v) is 3.21. The van der Waals surface area contributed by atoms with Crippen molar-refractivity contribution in [1.29, 1.82) is 0 Å². The molecule has 0 aliphatic carbocycles. The summed E-state index contributed by atoms with van der Waals surface area (Å²) < 4.78 is 30.8. The lowest BCUT2D eigenvalue weighted by Gasteiger charge is -2.04. The minimum Gasteiger partial charge on any atom is -0.461 e. The number of fused-ring (bicyclic) bond motifs is 1. The Morgan fingerprint density at radius 1 is 1.12 bits per heavy atom. The minimum absolute atomic E-state index is 0.209. The number of anilines is 1. The molecule has 0 aliphatic heterocycles. The van der Waals surface area contributed by atoms with Gasteiger partial charge < -0.3 is 4.42 Å². The lowest BCUT2D eigenvalue weighted by atomic mass is 10.0. The highest BCUT2D eigenvalue weighted by Crippen LogP contribution is 2.30. The maximum Gasteiger partial charge on any atom is 0.229 e. The summed E-state index contributed by atoms with van der Waals surface area (Å²) >= 11 is 5.85. The average Bonchev–Trinajstić information content (AvgIpc) is 2.81. The van der Waals surface area contributed by atoms with Crippen LogP contribution in [0.25, 0.3) is 11.0 Å². The highest BCUT2D eigenvalue weighted by molar-refractivity contribution is 7.92. The van der Waals surface area contributed by atoms with E-state index in [1.165, 1.54) is 0 Å². The monoisotopic (exact) mass is 363 g/mol. The van der Waals surface area contributed by atoms with Crippen LogP contribution in [0, 0.1) is 6.92 Å². The number of nitrogens with one attached hydrogen (secondary N) is 1. The first-order valence-electron chi connectivity index (χ1n) is 7.06. The molecule has 7 heteroatoms. The zero-order valence-corrected chi connectivity index (χ0v) is 14.5. The fourth-order valence-electron chi connectivity index (χ4n) is 2.53. The summed E-state index contributed by atoms with van der Waals surface area (Å²) in [5.74, 6) is 0.265. The Morgan fingerprint density at radius 3 is 2.42 bits per heavy atom. The first-order valence-corrected chi connectivity index (χ1v) is 9.33. The van der Waals surface area contributed by atoms with E-state index in [0.29, 0.717) is 38.6 Å². The average molecular weight is 364 g/mol. The van der Waals surface area contributed by atoms with E-state index < -0.39 is 10.0 Å². The van der Waals surface area contributed by atoms with Gasteiger partial charge in [-0.1, -0.05) is 11.6 Å². The third kappa shape index (κ3) is 3.29. The van der Waals surface area contributed by atoms with E-state index in [-0.39, 0.29) is 5.78 Å². The Balaban J connectivity index is 2.12. The number of sulfonamides is 1. The van der Waals surface area contributed by atoms with Crippen molar-refractivity contribution in [2.45, 2.75) is 6.92 Å². The third-order valence-corrected chi connectivity index (χ3v) is 4.36. The van der Waals surface area contributed by atoms with Gasteiger partial charge in [0.1, 0.15) is 11.3 Å². The molecule has 0 amide bonds. The molecule has 0 unspecified atom stereocenters. The Morgan fingerprint density at radius 2 is 1.79 bits per heavy atom. The van der Waals surface area contributed by atoms with Crippen molar-refractivity contribution in [3.63, 3.8) is 0 Å². The van der Waals surface area contributed by atoms with Crippen LogP contribution < -0.4 is 4.72 Å². The molecule has 0 fully saturated rings. The number of benzene rings is 2. The molecule has 3 aromatic rings. The molecule has 1 N–H and O–H groups in total. The molecular weight excluding hydrogens is 350 g/mol. The number of hydrogen-bond donors (Lipinski definition) is 1. The summed E-state index contributed by atoms with van der Waals surface area (Å²) in [7, 11) is -3.41. The summed E-state index contributed by atoms with van der Waals surface area (Å²) in [6, 6.07) is 11.4. The quantitative estimate of drug-likeness (QED) is 0.711. The van der Waals surface area contributed by atoms with Crippen LogP contribution in [-0.2, 0) is 10.0 Å². The Labute approximate surface area is 144 Å². The van der Waals surface area contributed by atoms with Crippen molar-refractivity contribution < 1.29 is 17.6 Å². The maximum atomic E-state index is 12.8. The Kier molecular flexibility index (Phi) is 4.11. The van der Waals surface area contributed by atoms with Crippen LogP contribution in [0.15, 0.2) is 46.9 Å². The van der Waals surface area contributed by atoms with Crippen molar-refractivity contribution >= 4 is 44.1 Å². The van der Waals surface area contributed by atoms with E-state index in [9.17, 15) is 13.2 Å². The van der Waals surface area contributed by atoms with Gasteiger partial charge in [0, 0.05) is 21.7 Å². The van der Waals surface area contributed by atoms with E-state index in [1.807, 2.05) is 0 Å². The minimum atomic E-state index is -3.41. The van der Waals surface area contributed by atoms with Gasteiger partial charge in [-0.05, 0) is 49.4 Å². The van der Waals surface area contributed by atoms with Gasteiger partial charge in [-0.3, -0.25) is 9.52 Å². The number of hydrogen-bond acceptors (Lipinski definition) is 4. The molecule has 0 bridgehead atoms. The van der Waals surface area contributed by atoms with Crippen LogP contribution in [0.5, 0.6) is 0 Å². The second-order valence-electron chi connectivity index (χ2n) is 5.45. The molecule has 0 spiro atoms. The number of carbonyl (C=O) groups excluding carboxylic acids is 1. The summed E-state index contributed by atoms with van der Waals surface area (Å²) in [5.41, 5.74) is 1.77. The first-order chi connectivity index (χ1) is 11.2. The number of halogens is 1. The molecule has 0 saturated heterocycles. The van der Waals surface area contributed by atoms with Crippen molar-refractivity contribution in [2.75, 3.05) is 11.0 Å².